The Bertz CT molecular complexity index is 382. The van der Waals surface area contributed by atoms with Crippen LogP contribution in [0.15, 0.2) is 12.1 Å². The van der Waals surface area contributed by atoms with Crippen molar-refractivity contribution < 1.29 is 14.6 Å². The average molecular weight is 209 g/mol. The molecule has 0 aromatic heterocycles. The van der Waals surface area contributed by atoms with Crippen LogP contribution in [0.2, 0.25) is 0 Å². The summed E-state index contributed by atoms with van der Waals surface area (Å²) in [6.45, 7) is 4.04. The Morgan fingerprint density at radius 1 is 1.40 bits per heavy atom. The van der Waals surface area contributed by atoms with Gasteiger partial charge in [0.15, 0.2) is 11.5 Å². The molecular formula is C11H15NO3. The summed E-state index contributed by atoms with van der Waals surface area (Å²) in [5.41, 5.74) is 6.55. The first-order valence-electron chi connectivity index (χ1n) is 4.86. The summed E-state index contributed by atoms with van der Waals surface area (Å²) >= 11 is 0. The van der Waals surface area contributed by atoms with Crippen LogP contribution in [0.1, 0.15) is 19.4 Å². The molecule has 0 aliphatic carbocycles. The van der Waals surface area contributed by atoms with Crippen LogP contribution in [0.4, 0.5) is 0 Å². The van der Waals surface area contributed by atoms with Gasteiger partial charge in [-0.15, -0.1) is 0 Å². The number of phenolic OH excluding ortho intramolecular Hbond substituents is 1. The summed E-state index contributed by atoms with van der Waals surface area (Å²) in [7, 11) is 0. The number of ether oxygens (including phenoxy) is 2. The maximum Gasteiger partial charge on any atom is 0.231 e. The normalized spacial score (nSPS) is 14.3. The van der Waals surface area contributed by atoms with E-state index >= 15 is 0 Å². The first-order chi connectivity index (χ1) is 6.96. The number of fused-ring (bicyclic) bond motifs is 1. The topological polar surface area (TPSA) is 64.7 Å². The van der Waals surface area contributed by atoms with Crippen molar-refractivity contribution in [3.05, 3.63) is 17.7 Å². The summed E-state index contributed by atoms with van der Waals surface area (Å²) < 4.78 is 10.3. The predicted octanol–water partition coefficient (Wildman–Crippen LogP) is 1.40. The van der Waals surface area contributed by atoms with Crippen LogP contribution in [0.5, 0.6) is 17.2 Å². The number of hydrogen-bond donors (Lipinski definition) is 2. The largest absolute Gasteiger partial charge is 0.504 e. The highest BCUT2D eigenvalue weighted by Gasteiger charge is 2.21. The molecule has 1 aliphatic heterocycles. The van der Waals surface area contributed by atoms with Crippen LogP contribution in [0.25, 0.3) is 0 Å². The quantitative estimate of drug-likeness (QED) is 0.772. The van der Waals surface area contributed by atoms with Crippen LogP contribution in [-0.4, -0.2) is 17.4 Å². The summed E-state index contributed by atoms with van der Waals surface area (Å²) in [6, 6.07) is 3.53. The summed E-state index contributed by atoms with van der Waals surface area (Å²) in [4.78, 5) is 0. The zero-order valence-corrected chi connectivity index (χ0v) is 8.91. The SMILES string of the molecule is CC(C)(N)Cc1cc(O)c2c(c1)OCO2. The van der Waals surface area contributed by atoms with Gasteiger partial charge >= 0.3 is 0 Å². The standard InChI is InChI=1S/C11H15NO3/c1-11(2,12)5-7-3-8(13)10-9(4-7)14-6-15-10/h3-4,13H,5-6,12H2,1-2H3. The summed E-state index contributed by atoms with van der Waals surface area (Å²) in [6.07, 6.45) is 0.678. The van der Waals surface area contributed by atoms with Crippen molar-refractivity contribution in [1.82, 2.24) is 0 Å². The molecule has 1 aliphatic rings. The highest BCUT2D eigenvalue weighted by Crippen LogP contribution is 2.41. The smallest absolute Gasteiger partial charge is 0.231 e. The fourth-order valence-electron chi connectivity index (χ4n) is 1.68. The molecule has 1 heterocycles. The molecule has 1 aromatic carbocycles. The van der Waals surface area contributed by atoms with Crippen LogP contribution in [0, 0.1) is 0 Å². The fraction of sp³-hybridized carbons (Fsp3) is 0.455. The summed E-state index contributed by atoms with van der Waals surface area (Å²) in [5, 5.41) is 9.66. The Hall–Kier alpha value is -1.42. The number of phenols is 1. The van der Waals surface area contributed by atoms with E-state index in [0.717, 1.165) is 5.56 Å². The molecule has 0 bridgehead atoms. The molecule has 15 heavy (non-hydrogen) atoms. The van der Waals surface area contributed by atoms with Gasteiger partial charge in [0.2, 0.25) is 12.5 Å². The van der Waals surface area contributed by atoms with Gasteiger partial charge in [-0.05, 0) is 38.0 Å². The number of hydrogen-bond acceptors (Lipinski definition) is 4. The highest BCUT2D eigenvalue weighted by molar-refractivity contribution is 5.54. The lowest BCUT2D eigenvalue weighted by Crippen LogP contribution is -2.34. The zero-order chi connectivity index (χ0) is 11.1. The van der Waals surface area contributed by atoms with Crippen molar-refractivity contribution in [3.63, 3.8) is 0 Å². The molecule has 0 radical (unpaired) electrons. The van der Waals surface area contributed by atoms with Crippen LogP contribution in [-0.2, 0) is 6.42 Å². The lowest BCUT2D eigenvalue weighted by Gasteiger charge is -2.18. The van der Waals surface area contributed by atoms with Gasteiger partial charge in [-0.25, -0.2) is 0 Å². The molecule has 0 spiro atoms. The third-order valence-corrected chi connectivity index (χ3v) is 2.17. The molecule has 4 heteroatoms. The van der Waals surface area contributed by atoms with Crippen molar-refractivity contribution in [2.24, 2.45) is 5.73 Å². The highest BCUT2D eigenvalue weighted by atomic mass is 16.7. The molecule has 3 N–H and O–H groups in total. The Morgan fingerprint density at radius 2 is 2.13 bits per heavy atom. The maximum absolute atomic E-state index is 9.66. The third kappa shape index (κ3) is 2.15. The van der Waals surface area contributed by atoms with Gasteiger partial charge in [0.1, 0.15) is 0 Å². The maximum atomic E-state index is 9.66. The second-order valence-electron chi connectivity index (χ2n) is 4.51. The minimum atomic E-state index is -0.305. The van der Waals surface area contributed by atoms with E-state index in [1.807, 2.05) is 19.9 Å². The van der Waals surface area contributed by atoms with Crippen molar-refractivity contribution in [1.29, 1.82) is 0 Å². The van der Waals surface area contributed by atoms with Crippen molar-refractivity contribution in [2.75, 3.05) is 6.79 Å². The molecule has 2 rings (SSSR count). The minimum Gasteiger partial charge on any atom is -0.504 e. The van der Waals surface area contributed by atoms with Gasteiger partial charge in [-0.1, -0.05) is 0 Å². The molecule has 0 saturated heterocycles. The van der Waals surface area contributed by atoms with Gasteiger partial charge in [0, 0.05) is 5.54 Å². The van der Waals surface area contributed by atoms with E-state index in [1.165, 1.54) is 0 Å². The number of rotatable bonds is 2. The second-order valence-corrected chi connectivity index (χ2v) is 4.51. The fourth-order valence-corrected chi connectivity index (χ4v) is 1.68. The Balaban J connectivity index is 2.32. The molecule has 0 amide bonds. The van der Waals surface area contributed by atoms with E-state index in [0.29, 0.717) is 17.9 Å². The first kappa shape index (κ1) is 10.1. The van der Waals surface area contributed by atoms with E-state index < -0.39 is 0 Å². The van der Waals surface area contributed by atoms with Crippen LogP contribution >= 0.6 is 0 Å². The number of nitrogens with two attached hydrogens (primary N) is 1. The first-order valence-corrected chi connectivity index (χ1v) is 4.86. The molecule has 4 nitrogen and oxygen atoms in total. The van der Waals surface area contributed by atoms with E-state index in [1.54, 1.807) is 6.07 Å². The molecule has 0 atom stereocenters. The number of benzene rings is 1. The van der Waals surface area contributed by atoms with E-state index in [9.17, 15) is 5.11 Å². The van der Waals surface area contributed by atoms with E-state index in [-0.39, 0.29) is 18.1 Å². The predicted molar refractivity (Wildman–Crippen MR) is 56.2 cm³/mol. The van der Waals surface area contributed by atoms with Gasteiger partial charge in [-0.3, -0.25) is 0 Å². The van der Waals surface area contributed by atoms with E-state index in [4.69, 9.17) is 15.2 Å². The minimum absolute atomic E-state index is 0.115. The molecule has 1 aromatic rings. The van der Waals surface area contributed by atoms with Gasteiger partial charge in [0.05, 0.1) is 0 Å². The lowest BCUT2D eigenvalue weighted by atomic mass is 9.96. The van der Waals surface area contributed by atoms with Gasteiger partial charge in [0.25, 0.3) is 0 Å². The molecule has 0 saturated carbocycles. The Labute approximate surface area is 88.6 Å². The monoisotopic (exact) mass is 209 g/mol. The average Bonchev–Trinajstić information content (AvgIpc) is 2.48. The molecule has 0 fully saturated rings. The zero-order valence-electron chi connectivity index (χ0n) is 8.91. The molecule has 0 unspecified atom stereocenters. The second kappa shape index (κ2) is 3.31. The molecule has 82 valence electrons. The number of aromatic hydroxyl groups is 1. The summed E-state index contributed by atoms with van der Waals surface area (Å²) in [5.74, 6) is 1.13. The van der Waals surface area contributed by atoms with Crippen LogP contribution < -0.4 is 15.2 Å². The van der Waals surface area contributed by atoms with Gasteiger partial charge in [-0.2, -0.15) is 0 Å². The Morgan fingerprint density at radius 3 is 2.80 bits per heavy atom. The van der Waals surface area contributed by atoms with Gasteiger partial charge < -0.3 is 20.3 Å². The molecular weight excluding hydrogens is 194 g/mol. The van der Waals surface area contributed by atoms with Crippen molar-refractivity contribution in [2.45, 2.75) is 25.8 Å². The van der Waals surface area contributed by atoms with Crippen molar-refractivity contribution in [3.8, 4) is 17.2 Å². The van der Waals surface area contributed by atoms with E-state index in [2.05, 4.69) is 0 Å². The van der Waals surface area contributed by atoms with Crippen LogP contribution in [0.3, 0.4) is 0 Å². The lowest BCUT2D eigenvalue weighted by molar-refractivity contribution is 0.171. The third-order valence-electron chi connectivity index (χ3n) is 2.17. The van der Waals surface area contributed by atoms with Crippen molar-refractivity contribution >= 4 is 0 Å². The Kier molecular flexibility index (Phi) is 2.23.